The number of aromatic nitrogens is 2. The molecule has 0 unspecified atom stereocenters. The van der Waals surface area contributed by atoms with E-state index < -0.39 is 9.84 Å². The summed E-state index contributed by atoms with van der Waals surface area (Å²) >= 11 is 1.72. The maximum atomic E-state index is 12.9. The molecule has 2 aromatic heterocycles. The van der Waals surface area contributed by atoms with Crippen LogP contribution in [0, 0.1) is 13.8 Å². The second kappa shape index (κ2) is 7.42. The van der Waals surface area contributed by atoms with Gasteiger partial charge in [0.05, 0.1) is 23.7 Å². The van der Waals surface area contributed by atoms with Gasteiger partial charge in [-0.2, -0.15) is 0 Å². The predicted molar refractivity (Wildman–Crippen MR) is 111 cm³/mol. The van der Waals surface area contributed by atoms with Crippen molar-refractivity contribution in [2.24, 2.45) is 0 Å². The van der Waals surface area contributed by atoms with E-state index in [-0.39, 0.29) is 35.9 Å². The van der Waals surface area contributed by atoms with Gasteiger partial charge < -0.3 is 4.90 Å². The van der Waals surface area contributed by atoms with Gasteiger partial charge in [0.15, 0.2) is 9.84 Å². The molecule has 0 aromatic carbocycles. The first kappa shape index (κ1) is 19.8. The van der Waals surface area contributed by atoms with Gasteiger partial charge in [0.1, 0.15) is 10.7 Å². The number of likely N-dealkylation sites (N-methyl/N-ethyl adjacent to an activating group) is 1. The fourth-order valence-electron chi connectivity index (χ4n) is 4.51. The average Bonchev–Trinajstić information content (AvgIpc) is 3.31. The van der Waals surface area contributed by atoms with E-state index in [4.69, 9.17) is 4.98 Å². The van der Waals surface area contributed by atoms with Crippen molar-refractivity contribution in [3.63, 3.8) is 0 Å². The molecule has 4 heterocycles. The molecule has 0 saturated carbocycles. The van der Waals surface area contributed by atoms with Gasteiger partial charge in [-0.25, -0.2) is 13.4 Å². The van der Waals surface area contributed by atoms with Crippen molar-refractivity contribution in [2.75, 3.05) is 38.2 Å². The number of sulfone groups is 1. The average molecular weight is 425 g/mol. The van der Waals surface area contributed by atoms with E-state index >= 15 is 0 Å². The van der Waals surface area contributed by atoms with Crippen LogP contribution in [-0.4, -0.2) is 77.7 Å². The van der Waals surface area contributed by atoms with Crippen LogP contribution in [0.15, 0.2) is 5.38 Å². The highest BCUT2D eigenvalue weighted by atomic mass is 32.2. The van der Waals surface area contributed by atoms with Crippen LogP contribution in [0.1, 0.15) is 42.4 Å². The molecule has 0 N–H and O–H groups in total. The van der Waals surface area contributed by atoms with Crippen molar-refractivity contribution in [3.8, 4) is 0 Å². The van der Waals surface area contributed by atoms with Crippen LogP contribution in [0.25, 0.3) is 4.83 Å². The van der Waals surface area contributed by atoms with E-state index in [1.165, 1.54) is 10.5 Å². The molecule has 4 rings (SSSR count). The summed E-state index contributed by atoms with van der Waals surface area (Å²) in [5.41, 5.74) is 2.32. The van der Waals surface area contributed by atoms with Gasteiger partial charge in [-0.1, -0.05) is 0 Å². The predicted octanol–water partition coefficient (Wildman–Crippen LogP) is 1.84. The molecule has 2 aliphatic rings. The number of carbonyl (C=O) groups is 1. The summed E-state index contributed by atoms with van der Waals surface area (Å²) in [5, 5.41) is 2.16. The Balaban J connectivity index is 1.44. The number of rotatable bonds is 4. The number of carbonyl (C=O) groups excluding carboxylic acids is 1. The molecule has 2 aromatic rings. The van der Waals surface area contributed by atoms with E-state index in [1.807, 2.05) is 23.8 Å². The zero-order valence-electron chi connectivity index (χ0n) is 16.7. The number of piperidine rings is 1. The molecule has 1 amide bonds. The van der Waals surface area contributed by atoms with E-state index in [0.29, 0.717) is 13.0 Å². The lowest BCUT2D eigenvalue weighted by atomic mass is 9.95. The summed E-state index contributed by atoms with van der Waals surface area (Å²) in [7, 11) is -1.08. The van der Waals surface area contributed by atoms with Crippen LogP contribution in [0.2, 0.25) is 0 Å². The van der Waals surface area contributed by atoms with Crippen LogP contribution in [-0.2, 0) is 14.6 Å². The van der Waals surface area contributed by atoms with Crippen LogP contribution < -0.4 is 0 Å². The Morgan fingerprint density at radius 2 is 2.14 bits per heavy atom. The lowest BCUT2D eigenvalue weighted by Crippen LogP contribution is -2.46. The van der Waals surface area contributed by atoms with Gasteiger partial charge in [-0.05, 0) is 40.2 Å². The van der Waals surface area contributed by atoms with Crippen molar-refractivity contribution < 1.29 is 13.2 Å². The lowest BCUT2D eigenvalue weighted by Gasteiger charge is -2.34. The Bertz CT molecular complexity index is 994. The molecule has 0 spiro atoms. The summed E-state index contributed by atoms with van der Waals surface area (Å²) in [6, 6.07) is -0.0425. The van der Waals surface area contributed by atoms with Crippen molar-refractivity contribution in [3.05, 3.63) is 22.6 Å². The molecule has 154 valence electrons. The smallest absolute Gasteiger partial charge is 0.236 e. The molecule has 0 aliphatic carbocycles. The molecule has 2 atom stereocenters. The summed E-state index contributed by atoms with van der Waals surface area (Å²) in [6.07, 6.45) is 2.64. The number of fused-ring (bicyclic) bond motifs is 1. The third-order valence-corrected chi connectivity index (χ3v) is 8.92. The third kappa shape index (κ3) is 3.71. The minimum atomic E-state index is -2.94. The molecule has 9 heteroatoms. The third-order valence-electron chi connectivity index (χ3n) is 6.10. The number of imidazole rings is 1. The molecule has 0 radical (unpaired) electrons. The van der Waals surface area contributed by atoms with Gasteiger partial charge in [0, 0.05) is 36.1 Å². The van der Waals surface area contributed by atoms with E-state index in [1.54, 1.807) is 11.3 Å². The summed E-state index contributed by atoms with van der Waals surface area (Å²) in [5.74, 6) is 1.76. The lowest BCUT2D eigenvalue weighted by molar-refractivity contribution is -0.133. The molecule has 28 heavy (non-hydrogen) atoms. The zero-order chi connectivity index (χ0) is 20.1. The number of hydrogen-bond donors (Lipinski definition) is 0. The number of amides is 1. The number of aryl methyl sites for hydroxylation is 2. The molecule has 2 aliphatic heterocycles. The second-order valence-electron chi connectivity index (χ2n) is 8.21. The van der Waals surface area contributed by atoms with Crippen LogP contribution in [0.5, 0.6) is 0 Å². The maximum absolute atomic E-state index is 12.9. The van der Waals surface area contributed by atoms with Crippen LogP contribution in [0.4, 0.5) is 0 Å². The number of hydrogen-bond acceptors (Lipinski definition) is 6. The Morgan fingerprint density at radius 1 is 1.36 bits per heavy atom. The highest BCUT2D eigenvalue weighted by Crippen LogP contribution is 2.33. The van der Waals surface area contributed by atoms with E-state index in [0.717, 1.165) is 30.9 Å². The highest BCUT2D eigenvalue weighted by Gasteiger charge is 2.33. The minimum absolute atomic E-state index is 0.0425. The first-order chi connectivity index (χ1) is 13.2. The molecule has 2 fully saturated rings. The first-order valence-electron chi connectivity index (χ1n) is 9.86. The summed E-state index contributed by atoms with van der Waals surface area (Å²) < 4.78 is 25.6. The quantitative estimate of drug-likeness (QED) is 0.749. The van der Waals surface area contributed by atoms with Crippen molar-refractivity contribution in [1.82, 2.24) is 19.2 Å². The van der Waals surface area contributed by atoms with Crippen LogP contribution >= 0.6 is 11.3 Å². The van der Waals surface area contributed by atoms with Crippen LogP contribution in [0.3, 0.4) is 0 Å². The molecule has 7 nitrogen and oxygen atoms in total. The van der Waals surface area contributed by atoms with Crippen molar-refractivity contribution in [1.29, 1.82) is 0 Å². The molecular weight excluding hydrogens is 396 g/mol. The van der Waals surface area contributed by atoms with Gasteiger partial charge in [-0.15, -0.1) is 11.3 Å². The first-order valence-corrected chi connectivity index (χ1v) is 12.6. The normalized spacial score (nSPS) is 25.1. The number of thiazole rings is 1. The fourth-order valence-corrected chi connectivity index (χ4v) is 7.42. The van der Waals surface area contributed by atoms with E-state index in [9.17, 15) is 13.2 Å². The Morgan fingerprint density at radius 3 is 2.86 bits per heavy atom. The zero-order valence-corrected chi connectivity index (χ0v) is 18.4. The Hall–Kier alpha value is -1.45. The SMILES string of the molecule is Cc1csc2c([C@@H]3CCCN(C(=O)CN(C)[C@H]4CCS(=O)(=O)C4)C3)nc(C)n12. The van der Waals surface area contributed by atoms with Crippen molar-refractivity contribution in [2.45, 2.75) is 45.1 Å². The van der Waals surface area contributed by atoms with Gasteiger partial charge in [0.2, 0.25) is 5.91 Å². The maximum Gasteiger partial charge on any atom is 0.236 e. The molecule has 2 saturated heterocycles. The summed E-state index contributed by atoms with van der Waals surface area (Å²) in [6.45, 7) is 5.87. The van der Waals surface area contributed by atoms with Crippen molar-refractivity contribution >= 4 is 31.9 Å². The second-order valence-corrected chi connectivity index (χ2v) is 11.3. The van der Waals surface area contributed by atoms with Gasteiger partial charge >= 0.3 is 0 Å². The summed E-state index contributed by atoms with van der Waals surface area (Å²) in [4.78, 5) is 22.8. The highest BCUT2D eigenvalue weighted by molar-refractivity contribution is 7.91. The number of nitrogens with zero attached hydrogens (tertiary/aromatic N) is 4. The minimum Gasteiger partial charge on any atom is -0.341 e. The van der Waals surface area contributed by atoms with E-state index in [2.05, 4.69) is 16.7 Å². The fraction of sp³-hybridized carbons (Fsp3) is 0.684. The Kier molecular flexibility index (Phi) is 5.26. The molecule has 0 bridgehead atoms. The Labute approximate surface area is 170 Å². The molecular formula is C19H28N4O3S2. The monoisotopic (exact) mass is 424 g/mol. The topological polar surface area (TPSA) is 75.0 Å². The number of likely N-dealkylation sites (tertiary alicyclic amines) is 1. The largest absolute Gasteiger partial charge is 0.341 e. The standard InChI is InChI=1S/C19H28N4O3S2/c1-13-11-27-19-18(20-14(2)23(13)19)15-5-4-7-22(9-15)17(24)10-21(3)16-6-8-28(25,26)12-16/h11,15-16H,4-10,12H2,1-3H3/t15-,16+/m1/s1. The van der Waals surface area contributed by atoms with Gasteiger partial charge in [-0.3, -0.25) is 14.1 Å². The van der Waals surface area contributed by atoms with Gasteiger partial charge in [0.25, 0.3) is 0 Å².